The van der Waals surface area contributed by atoms with E-state index in [1.807, 2.05) is 0 Å². The van der Waals surface area contributed by atoms with E-state index in [1.54, 1.807) is 18.6 Å². The molecule has 24 heavy (non-hydrogen) atoms. The summed E-state index contributed by atoms with van der Waals surface area (Å²) in [5.41, 5.74) is 0.174. The van der Waals surface area contributed by atoms with Gasteiger partial charge in [0.25, 0.3) is 10.0 Å². The summed E-state index contributed by atoms with van der Waals surface area (Å²) in [5, 5.41) is 0. The van der Waals surface area contributed by atoms with Crippen LogP contribution in [0.2, 0.25) is 0 Å². The van der Waals surface area contributed by atoms with Gasteiger partial charge in [-0.1, -0.05) is 27.7 Å². The molecule has 0 fully saturated rings. The first-order chi connectivity index (χ1) is 11.0. The second-order valence-electron chi connectivity index (χ2n) is 6.13. The van der Waals surface area contributed by atoms with Crippen LogP contribution in [0.25, 0.3) is 0 Å². The maximum absolute atomic E-state index is 14.1. The van der Waals surface area contributed by atoms with Crippen LogP contribution in [0.1, 0.15) is 39.7 Å². The first-order valence-corrected chi connectivity index (χ1v) is 9.01. The van der Waals surface area contributed by atoms with Gasteiger partial charge in [0.15, 0.2) is 4.90 Å². The SMILES string of the molecule is CC(C)C(=O)CCc1cc(F)c(S(=O)(=O)NC(=O)C(C)C)c(F)c1. The molecule has 0 aromatic heterocycles. The third-order valence-electron chi connectivity index (χ3n) is 3.39. The predicted molar refractivity (Wildman–Crippen MR) is 84.7 cm³/mol. The molecular formula is C16H21F2NO4S. The van der Waals surface area contributed by atoms with E-state index in [2.05, 4.69) is 0 Å². The van der Waals surface area contributed by atoms with Gasteiger partial charge in [0, 0.05) is 18.3 Å². The molecule has 0 heterocycles. The van der Waals surface area contributed by atoms with Crippen molar-refractivity contribution in [1.82, 2.24) is 4.72 Å². The smallest absolute Gasteiger partial charge is 0.269 e. The molecule has 0 bridgehead atoms. The highest BCUT2D eigenvalue weighted by Crippen LogP contribution is 2.22. The molecule has 0 aliphatic heterocycles. The van der Waals surface area contributed by atoms with Crippen LogP contribution < -0.4 is 4.72 Å². The molecule has 0 saturated carbocycles. The zero-order chi connectivity index (χ0) is 18.7. The van der Waals surface area contributed by atoms with Gasteiger partial charge in [-0.3, -0.25) is 9.59 Å². The normalized spacial score (nSPS) is 11.8. The van der Waals surface area contributed by atoms with Crippen molar-refractivity contribution < 1.29 is 26.8 Å². The van der Waals surface area contributed by atoms with Gasteiger partial charge in [-0.15, -0.1) is 0 Å². The number of aryl methyl sites for hydroxylation is 1. The Kier molecular flexibility index (Phi) is 6.59. The van der Waals surface area contributed by atoms with Crippen LogP contribution in [0.15, 0.2) is 17.0 Å². The first kappa shape index (κ1) is 20.2. The molecule has 134 valence electrons. The average Bonchev–Trinajstić information content (AvgIpc) is 2.42. The van der Waals surface area contributed by atoms with Gasteiger partial charge in [0.05, 0.1) is 0 Å². The second kappa shape index (κ2) is 7.83. The molecule has 1 aromatic rings. The van der Waals surface area contributed by atoms with E-state index in [-0.39, 0.29) is 30.1 Å². The highest BCUT2D eigenvalue weighted by Gasteiger charge is 2.27. The number of carbonyl (C=O) groups is 2. The minimum Gasteiger partial charge on any atom is -0.299 e. The zero-order valence-corrected chi connectivity index (χ0v) is 14.8. The summed E-state index contributed by atoms with van der Waals surface area (Å²) < 4.78 is 53.8. The molecule has 0 saturated heterocycles. The number of amides is 1. The van der Waals surface area contributed by atoms with E-state index in [4.69, 9.17) is 0 Å². The number of sulfonamides is 1. The zero-order valence-electron chi connectivity index (χ0n) is 14.0. The minimum atomic E-state index is -4.64. The molecule has 0 atom stereocenters. The maximum Gasteiger partial charge on any atom is 0.269 e. The molecule has 8 heteroatoms. The van der Waals surface area contributed by atoms with E-state index in [1.165, 1.54) is 13.8 Å². The lowest BCUT2D eigenvalue weighted by Gasteiger charge is -2.12. The summed E-state index contributed by atoms with van der Waals surface area (Å²) in [5.74, 6) is -4.37. The Morgan fingerprint density at radius 3 is 1.96 bits per heavy atom. The van der Waals surface area contributed by atoms with E-state index in [9.17, 15) is 26.8 Å². The monoisotopic (exact) mass is 361 g/mol. The molecule has 1 rings (SSSR count). The lowest BCUT2D eigenvalue weighted by atomic mass is 10.0. The van der Waals surface area contributed by atoms with Gasteiger partial charge in [0.1, 0.15) is 17.4 Å². The summed E-state index contributed by atoms with van der Waals surface area (Å²) in [4.78, 5) is 21.9. The summed E-state index contributed by atoms with van der Waals surface area (Å²) in [7, 11) is -4.64. The molecule has 0 unspecified atom stereocenters. The van der Waals surface area contributed by atoms with Gasteiger partial charge < -0.3 is 0 Å². The summed E-state index contributed by atoms with van der Waals surface area (Å²) in [6.07, 6.45) is 0.205. The Labute approximate surface area is 140 Å². The Bertz CT molecular complexity index is 719. The number of hydrogen-bond acceptors (Lipinski definition) is 4. The van der Waals surface area contributed by atoms with Crippen LogP contribution in [0, 0.1) is 23.5 Å². The fourth-order valence-corrected chi connectivity index (χ4v) is 3.10. The van der Waals surface area contributed by atoms with Crippen LogP contribution in [0.5, 0.6) is 0 Å². The summed E-state index contributed by atoms with van der Waals surface area (Å²) >= 11 is 0. The number of Topliss-reactive ketones (excluding diaryl/α,β-unsaturated/α-hetero) is 1. The van der Waals surface area contributed by atoms with Crippen LogP contribution in [-0.4, -0.2) is 20.1 Å². The van der Waals surface area contributed by atoms with Crippen molar-refractivity contribution >= 4 is 21.7 Å². The van der Waals surface area contributed by atoms with E-state index >= 15 is 0 Å². The molecule has 0 aliphatic rings. The Morgan fingerprint density at radius 2 is 1.54 bits per heavy atom. The van der Waals surface area contributed by atoms with Gasteiger partial charge in [-0.25, -0.2) is 21.9 Å². The van der Waals surface area contributed by atoms with Gasteiger partial charge in [0.2, 0.25) is 5.91 Å². The average molecular weight is 361 g/mol. The van der Waals surface area contributed by atoms with E-state index in [0.717, 1.165) is 12.1 Å². The number of rotatable bonds is 7. The third-order valence-corrected chi connectivity index (χ3v) is 4.79. The number of carbonyl (C=O) groups excluding carboxylic acids is 2. The Hall–Kier alpha value is -1.83. The van der Waals surface area contributed by atoms with Crippen molar-refractivity contribution in [2.75, 3.05) is 0 Å². The fraction of sp³-hybridized carbons (Fsp3) is 0.500. The van der Waals surface area contributed by atoms with Crippen molar-refractivity contribution in [3.8, 4) is 0 Å². The molecule has 0 spiro atoms. The quantitative estimate of drug-likeness (QED) is 0.809. The van der Waals surface area contributed by atoms with Crippen LogP contribution in [-0.2, 0) is 26.0 Å². The topological polar surface area (TPSA) is 80.3 Å². The third kappa shape index (κ3) is 5.09. The highest BCUT2D eigenvalue weighted by atomic mass is 32.2. The van der Waals surface area contributed by atoms with Crippen molar-refractivity contribution in [3.63, 3.8) is 0 Å². The molecule has 1 N–H and O–H groups in total. The molecule has 5 nitrogen and oxygen atoms in total. The fourth-order valence-electron chi connectivity index (χ4n) is 1.87. The van der Waals surface area contributed by atoms with Gasteiger partial charge >= 0.3 is 0 Å². The van der Waals surface area contributed by atoms with Crippen molar-refractivity contribution in [3.05, 3.63) is 29.3 Å². The molecule has 0 radical (unpaired) electrons. The minimum absolute atomic E-state index is 0.0586. The first-order valence-electron chi connectivity index (χ1n) is 7.53. The Balaban J connectivity index is 3.07. The van der Waals surface area contributed by atoms with Crippen LogP contribution in [0.4, 0.5) is 8.78 Å². The maximum atomic E-state index is 14.1. The second-order valence-corrected chi connectivity index (χ2v) is 7.75. The molecule has 0 aliphatic carbocycles. The van der Waals surface area contributed by atoms with E-state index in [0.29, 0.717) is 0 Å². The largest absolute Gasteiger partial charge is 0.299 e. The number of nitrogens with one attached hydrogen (secondary N) is 1. The van der Waals surface area contributed by atoms with Crippen LogP contribution >= 0.6 is 0 Å². The van der Waals surface area contributed by atoms with Crippen LogP contribution in [0.3, 0.4) is 0 Å². The molecule has 1 amide bonds. The molecule has 1 aromatic carbocycles. The number of benzene rings is 1. The van der Waals surface area contributed by atoms with Gasteiger partial charge in [-0.2, -0.15) is 0 Å². The highest BCUT2D eigenvalue weighted by molar-refractivity contribution is 7.90. The number of hydrogen-bond donors (Lipinski definition) is 1. The van der Waals surface area contributed by atoms with E-state index < -0.39 is 38.4 Å². The van der Waals surface area contributed by atoms with Crippen molar-refractivity contribution in [1.29, 1.82) is 0 Å². The van der Waals surface area contributed by atoms with Crippen molar-refractivity contribution in [2.24, 2.45) is 11.8 Å². The van der Waals surface area contributed by atoms with Gasteiger partial charge in [-0.05, 0) is 24.1 Å². The summed E-state index contributed by atoms with van der Waals surface area (Å²) in [6, 6.07) is 1.73. The number of ketones is 1. The standard InChI is InChI=1S/C16H21F2NO4S/c1-9(2)14(20)6-5-11-7-12(17)15(13(18)8-11)24(22,23)19-16(21)10(3)4/h7-10H,5-6H2,1-4H3,(H,19,21). The predicted octanol–water partition coefficient (Wildman–Crippen LogP) is 2.58. The van der Waals surface area contributed by atoms with Crippen molar-refractivity contribution in [2.45, 2.75) is 45.4 Å². The lowest BCUT2D eigenvalue weighted by molar-refractivity contribution is -0.122. The molecular weight excluding hydrogens is 340 g/mol. The lowest BCUT2D eigenvalue weighted by Crippen LogP contribution is -2.34. The number of halogens is 2. The Morgan fingerprint density at radius 1 is 1.04 bits per heavy atom. The summed E-state index contributed by atoms with van der Waals surface area (Å²) in [6.45, 7) is 6.34.